The lowest BCUT2D eigenvalue weighted by Gasteiger charge is -2.32. The van der Waals surface area contributed by atoms with E-state index >= 15 is 0 Å². The van der Waals surface area contributed by atoms with Crippen LogP contribution in [-0.4, -0.2) is 46.8 Å². The van der Waals surface area contributed by atoms with Gasteiger partial charge in [0.05, 0.1) is 35.3 Å². The molecular formula is C14H17ClFN3OS. The van der Waals surface area contributed by atoms with Gasteiger partial charge in [0.25, 0.3) is 0 Å². The van der Waals surface area contributed by atoms with Crippen LogP contribution >= 0.6 is 23.8 Å². The molecule has 0 aliphatic carbocycles. The Morgan fingerprint density at radius 1 is 1.52 bits per heavy atom. The summed E-state index contributed by atoms with van der Waals surface area (Å²) in [5, 5.41) is 0.102. The molecule has 3 rings (SSSR count). The van der Waals surface area contributed by atoms with Gasteiger partial charge >= 0.3 is 0 Å². The van der Waals surface area contributed by atoms with Crippen LogP contribution in [0.1, 0.15) is 6.92 Å². The van der Waals surface area contributed by atoms with Gasteiger partial charge in [0.1, 0.15) is 5.82 Å². The summed E-state index contributed by atoms with van der Waals surface area (Å²) in [5.74, 6) is -0.446. The minimum Gasteiger partial charge on any atom is -0.374 e. The van der Waals surface area contributed by atoms with Crippen molar-refractivity contribution in [2.24, 2.45) is 0 Å². The molecule has 4 nitrogen and oxygen atoms in total. The number of likely N-dealkylation sites (N-methyl/N-ethyl adjacent to an activating group) is 1. The fourth-order valence-corrected chi connectivity index (χ4v) is 3.16. The molecule has 1 aliphatic rings. The van der Waals surface area contributed by atoms with Crippen molar-refractivity contribution in [3.63, 3.8) is 0 Å². The highest BCUT2D eigenvalue weighted by atomic mass is 35.5. The van der Waals surface area contributed by atoms with Gasteiger partial charge in [-0.1, -0.05) is 18.5 Å². The lowest BCUT2D eigenvalue weighted by molar-refractivity contribution is -0.0339. The first-order valence-electron chi connectivity index (χ1n) is 7.00. The topological polar surface area (TPSA) is 33.2 Å². The van der Waals surface area contributed by atoms with E-state index in [9.17, 15) is 4.39 Å². The van der Waals surface area contributed by atoms with Gasteiger partial charge in [-0.2, -0.15) is 0 Å². The van der Waals surface area contributed by atoms with Crippen molar-refractivity contribution >= 4 is 34.9 Å². The molecule has 21 heavy (non-hydrogen) atoms. The van der Waals surface area contributed by atoms with Gasteiger partial charge < -0.3 is 14.3 Å². The van der Waals surface area contributed by atoms with Crippen molar-refractivity contribution in [2.75, 3.05) is 26.2 Å². The van der Waals surface area contributed by atoms with Crippen LogP contribution in [0.15, 0.2) is 12.1 Å². The Bertz CT molecular complexity index is 714. The first kappa shape index (κ1) is 15.0. The number of halogens is 2. The van der Waals surface area contributed by atoms with E-state index < -0.39 is 5.82 Å². The van der Waals surface area contributed by atoms with Crippen LogP contribution < -0.4 is 0 Å². The third-order valence-electron chi connectivity index (χ3n) is 3.87. The second-order valence-corrected chi connectivity index (χ2v) is 6.00. The second kappa shape index (κ2) is 6.04. The maximum absolute atomic E-state index is 13.5. The fraction of sp³-hybridized carbons (Fsp3) is 0.500. The lowest BCUT2D eigenvalue weighted by atomic mass is 10.2. The Balaban J connectivity index is 1.91. The van der Waals surface area contributed by atoms with Crippen LogP contribution in [0.2, 0.25) is 5.02 Å². The standard InChI is InChI=1S/C14H17ClFN3OS/c1-2-18-3-4-20-9(7-18)8-19-13-5-10(15)11(16)6-12(13)17-14(19)21/h5-6,9H,2-4,7-8H2,1H3,(H,17,21). The van der Waals surface area contributed by atoms with Crippen LogP contribution in [0, 0.1) is 10.6 Å². The highest BCUT2D eigenvalue weighted by molar-refractivity contribution is 7.71. The Morgan fingerprint density at radius 3 is 3.10 bits per heavy atom. The molecule has 0 bridgehead atoms. The van der Waals surface area contributed by atoms with Crippen LogP contribution in [-0.2, 0) is 11.3 Å². The molecule has 1 fully saturated rings. The van der Waals surface area contributed by atoms with Gasteiger partial charge in [-0.25, -0.2) is 4.39 Å². The van der Waals surface area contributed by atoms with Crippen molar-refractivity contribution in [1.29, 1.82) is 0 Å². The molecule has 2 aromatic rings. The molecule has 0 spiro atoms. The van der Waals surface area contributed by atoms with Crippen LogP contribution in [0.5, 0.6) is 0 Å². The monoisotopic (exact) mass is 329 g/mol. The Labute approximate surface area is 132 Å². The molecule has 2 heterocycles. The van der Waals surface area contributed by atoms with Crippen molar-refractivity contribution in [2.45, 2.75) is 19.6 Å². The van der Waals surface area contributed by atoms with Gasteiger partial charge in [-0.15, -0.1) is 0 Å². The number of aromatic amines is 1. The zero-order valence-corrected chi connectivity index (χ0v) is 13.3. The average molecular weight is 330 g/mol. The maximum atomic E-state index is 13.5. The number of nitrogens with zero attached hydrogens (tertiary/aromatic N) is 2. The van der Waals surface area contributed by atoms with Crippen LogP contribution in [0.3, 0.4) is 0 Å². The van der Waals surface area contributed by atoms with E-state index in [2.05, 4.69) is 16.8 Å². The molecule has 0 radical (unpaired) electrons. The van der Waals surface area contributed by atoms with Gasteiger partial charge in [0.2, 0.25) is 0 Å². The smallest absolute Gasteiger partial charge is 0.178 e. The number of hydrogen-bond acceptors (Lipinski definition) is 3. The highest BCUT2D eigenvalue weighted by Crippen LogP contribution is 2.23. The molecule has 7 heteroatoms. The van der Waals surface area contributed by atoms with E-state index in [0.717, 1.165) is 31.8 Å². The Hall–Kier alpha value is -0.950. The van der Waals surface area contributed by atoms with Crippen molar-refractivity contribution in [3.8, 4) is 0 Å². The van der Waals surface area contributed by atoms with Crippen molar-refractivity contribution in [3.05, 3.63) is 27.7 Å². The van der Waals surface area contributed by atoms with Crippen LogP contribution in [0.4, 0.5) is 4.39 Å². The summed E-state index contributed by atoms with van der Waals surface area (Å²) in [6, 6.07) is 2.99. The zero-order chi connectivity index (χ0) is 15.0. The fourth-order valence-electron chi connectivity index (χ4n) is 2.71. The zero-order valence-electron chi connectivity index (χ0n) is 11.7. The summed E-state index contributed by atoms with van der Waals surface area (Å²) in [4.78, 5) is 5.37. The lowest BCUT2D eigenvalue weighted by Crippen LogP contribution is -2.43. The Morgan fingerprint density at radius 2 is 2.33 bits per heavy atom. The molecule has 1 saturated heterocycles. The first-order valence-corrected chi connectivity index (χ1v) is 7.78. The predicted molar refractivity (Wildman–Crippen MR) is 83.9 cm³/mol. The third-order valence-corrected chi connectivity index (χ3v) is 4.48. The number of ether oxygens (including phenoxy) is 1. The number of H-pyrrole nitrogens is 1. The number of nitrogens with one attached hydrogen (secondary N) is 1. The molecule has 114 valence electrons. The molecular weight excluding hydrogens is 313 g/mol. The molecule has 1 aromatic carbocycles. The molecule has 1 unspecified atom stereocenters. The number of benzene rings is 1. The minimum atomic E-state index is -0.446. The maximum Gasteiger partial charge on any atom is 0.178 e. The van der Waals surface area contributed by atoms with Crippen molar-refractivity contribution in [1.82, 2.24) is 14.5 Å². The van der Waals surface area contributed by atoms with E-state index in [4.69, 9.17) is 28.6 Å². The summed E-state index contributed by atoms with van der Waals surface area (Å²) in [5.41, 5.74) is 1.47. The first-order chi connectivity index (χ1) is 10.1. The largest absolute Gasteiger partial charge is 0.374 e. The van der Waals surface area contributed by atoms with E-state index in [1.807, 2.05) is 4.57 Å². The summed E-state index contributed by atoms with van der Waals surface area (Å²) in [6.07, 6.45) is 0.0771. The van der Waals surface area contributed by atoms with Crippen LogP contribution in [0.25, 0.3) is 11.0 Å². The van der Waals surface area contributed by atoms with Crippen molar-refractivity contribution < 1.29 is 9.13 Å². The molecule has 1 aliphatic heterocycles. The molecule has 1 atom stereocenters. The summed E-state index contributed by atoms with van der Waals surface area (Å²) in [6.45, 7) is 6.35. The van der Waals surface area contributed by atoms with Gasteiger partial charge in [-0.3, -0.25) is 4.90 Å². The quantitative estimate of drug-likeness (QED) is 0.878. The molecule has 0 amide bonds. The highest BCUT2D eigenvalue weighted by Gasteiger charge is 2.21. The number of rotatable bonds is 3. The summed E-state index contributed by atoms with van der Waals surface area (Å²) < 4.78 is 21.8. The average Bonchev–Trinajstić information content (AvgIpc) is 2.76. The van der Waals surface area contributed by atoms with Gasteiger partial charge in [0.15, 0.2) is 4.77 Å². The van der Waals surface area contributed by atoms with E-state index in [1.54, 1.807) is 6.07 Å². The molecule has 1 aromatic heterocycles. The summed E-state index contributed by atoms with van der Waals surface area (Å²) >= 11 is 11.2. The predicted octanol–water partition coefficient (Wildman–Crippen LogP) is 3.21. The third kappa shape index (κ3) is 2.99. The number of aromatic nitrogens is 2. The SMILES string of the molecule is CCN1CCOC(Cn2c(=S)[nH]c3cc(F)c(Cl)cc32)C1. The summed E-state index contributed by atoms with van der Waals surface area (Å²) in [7, 11) is 0. The van der Waals surface area contributed by atoms with E-state index in [-0.39, 0.29) is 11.1 Å². The normalized spacial score (nSPS) is 20.2. The number of hydrogen-bond donors (Lipinski definition) is 1. The van der Waals surface area contributed by atoms with Gasteiger partial charge in [-0.05, 0) is 24.8 Å². The number of morpholine rings is 1. The van der Waals surface area contributed by atoms with Gasteiger partial charge in [0, 0.05) is 19.2 Å². The molecule has 0 saturated carbocycles. The Kier molecular flexibility index (Phi) is 4.31. The minimum absolute atomic E-state index is 0.0771. The molecule has 1 N–H and O–H groups in total. The number of fused-ring (bicyclic) bond motifs is 1. The van der Waals surface area contributed by atoms with E-state index in [1.165, 1.54) is 6.07 Å². The number of imidazole rings is 1. The second-order valence-electron chi connectivity index (χ2n) is 5.21. The van der Waals surface area contributed by atoms with E-state index in [0.29, 0.717) is 16.8 Å².